The molecule has 1 atom stereocenters. The van der Waals surface area contributed by atoms with Gasteiger partial charge in [-0.15, -0.1) is 0 Å². The van der Waals surface area contributed by atoms with E-state index in [1.807, 2.05) is 41.1 Å². The molecule has 34 heavy (non-hydrogen) atoms. The second-order valence-corrected chi connectivity index (χ2v) is 9.94. The Balaban J connectivity index is 1.33. The number of benzene rings is 1. The molecule has 174 valence electrons. The number of hydrogen-bond acceptors (Lipinski definition) is 6. The first-order valence-corrected chi connectivity index (χ1v) is 12.8. The maximum Gasteiger partial charge on any atom is 0.174 e. The van der Waals surface area contributed by atoms with Gasteiger partial charge in [-0.25, -0.2) is 4.98 Å². The lowest BCUT2D eigenvalue weighted by Crippen LogP contribution is -2.26. The van der Waals surface area contributed by atoms with E-state index < -0.39 is 0 Å². The summed E-state index contributed by atoms with van der Waals surface area (Å²) in [5.74, 6) is 1.59. The monoisotopic (exact) mass is 473 g/mol. The number of allylic oxidation sites excluding steroid dienone is 2. The van der Waals surface area contributed by atoms with Gasteiger partial charge in [-0.05, 0) is 55.3 Å². The van der Waals surface area contributed by atoms with Crippen LogP contribution in [0.4, 0.5) is 5.82 Å². The number of imidazole rings is 1. The Morgan fingerprint density at radius 1 is 1.18 bits per heavy atom. The molecule has 7 nitrogen and oxygen atoms in total. The standard InChI is InChI=1S/C26H27N5O2S/c1-2-3-6-14-31-15-16-23(24-19(27-25(16)30-31)10-7-11-20(24)32)21-12-13-22(33-21)34-26-28-17-8-4-5-9-18(17)29-26/h4-5,8-9,12-13,15,23H,2-3,6-7,10-11,14H2,1H3,(H,27,30)(H,28,29). The predicted molar refractivity (Wildman–Crippen MR) is 132 cm³/mol. The number of unbranched alkanes of at least 4 members (excludes halogenated alkanes) is 2. The molecule has 2 aliphatic rings. The Morgan fingerprint density at radius 3 is 2.97 bits per heavy atom. The van der Waals surface area contributed by atoms with Crippen LogP contribution >= 0.6 is 11.8 Å². The molecule has 0 radical (unpaired) electrons. The van der Waals surface area contributed by atoms with Crippen molar-refractivity contribution in [1.82, 2.24) is 19.7 Å². The summed E-state index contributed by atoms with van der Waals surface area (Å²) >= 11 is 1.46. The topological polar surface area (TPSA) is 88.7 Å². The quantitative estimate of drug-likeness (QED) is 0.308. The van der Waals surface area contributed by atoms with E-state index in [2.05, 4.69) is 28.4 Å². The molecule has 0 spiro atoms. The van der Waals surface area contributed by atoms with Crippen molar-refractivity contribution in [3.63, 3.8) is 0 Å². The fraction of sp³-hybridized carbons (Fsp3) is 0.346. The van der Waals surface area contributed by atoms with Crippen molar-refractivity contribution in [2.45, 2.75) is 68.2 Å². The fourth-order valence-electron chi connectivity index (χ4n) is 4.92. The van der Waals surface area contributed by atoms with Gasteiger partial charge in [-0.2, -0.15) is 5.10 Å². The normalized spacial score (nSPS) is 17.7. The zero-order valence-corrected chi connectivity index (χ0v) is 20.0. The minimum atomic E-state index is -0.232. The minimum absolute atomic E-state index is 0.200. The summed E-state index contributed by atoms with van der Waals surface area (Å²) in [5, 5.41) is 9.81. The van der Waals surface area contributed by atoms with E-state index in [0.29, 0.717) is 6.42 Å². The van der Waals surface area contributed by atoms with Crippen molar-refractivity contribution in [2.75, 3.05) is 5.32 Å². The number of nitrogens with zero attached hydrogens (tertiary/aromatic N) is 3. The van der Waals surface area contributed by atoms with E-state index in [4.69, 9.17) is 9.52 Å². The number of hydrogen-bond donors (Lipinski definition) is 2. The van der Waals surface area contributed by atoms with Gasteiger partial charge in [0.05, 0.1) is 17.0 Å². The lowest BCUT2D eigenvalue weighted by molar-refractivity contribution is -0.116. The highest BCUT2D eigenvalue weighted by Gasteiger charge is 2.38. The maximum atomic E-state index is 13.1. The first-order chi connectivity index (χ1) is 16.7. The number of aromatic amines is 1. The third kappa shape index (κ3) is 3.86. The van der Waals surface area contributed by atoms with E-state index in [1.54, 1.807) is 0 Å². The number of Topliss-reactive ketones (excluding diaryl/α,β-unsaturated/α-hetero) is 1. The number of aryl methyl sites for hydroxylation is 1. The van der Waals surface area contributed by atoms with Crippen molar-refractivity contribution >= 4 is 34.4 Å². The molecule has 0 saturated heterocycles. The number of furan rings is 1. The lowest BCUT2D eigenvalue weighted by atomic mass is 9.79. The van der Waals surface area contributed by atoms with Gasteiger partial charge in [-0.3, -0.25) is 9.48 Å². The molecule has 8 heteroatoms. The number of aromatic nitrogens is 4. The van der Waals surface area contributed by atoms with Crippen LogP contribution in [0.25, 0.3) is 11.0 Å². The van der Waals surface area contributed by atoms with Crippen molar-refractivity contribution in [3.8, 4) is 0 Å². The van der Waals surface area contributed by atoms with Crippen molar-refractivity contribution in [2.24, 2.45) is 0 Å². The number of para-hydroxylation sites is 2. The van der Waals surface area contributed by atoms with Crippen LogP contribution in [0.2, 0.25) is 0 Å². The van der Waals surface area contributed by atoms with Crippen LogP contribution in [0.3, 0.4) is 0 Å². The van der Waals surface area contributed by atoms with Crippen LogP contribution in [0, 0.1) is 0 Å². The molecule has 3 aromatic heterocycles. The van der Waals surface area contributed by atoms with Gasteiger partial charge in [0.15, 0.2) is 21.8 Å². The highest BCUT2D eigenvalue weighted by molar-refractivity contribution is 7.99. The van der Waals surface area contributed by atoms with E-state index in [9.17, 15) is 4.79 Å². The van der Waals surface area contributed by atoms with Gasteiger partial charge in [0.1, 0.15) is 5.76 Å². The number of anilines is 1. The van der Waals surface area contributed by atoms with Crippen LogP contribution < -0.4 is 5.32 Å². The maximum absolute atomic E-state index is 13.1. The number of carbonyl (C=O) groups excluding carboxylic acids is 1. The zero-order chi connectivity index (χ0) is 23.1. The van der Waals surface area contributed by atoms with Crippen molar-refractivity contribution in [3.05, 3.63) is 65.2 Å². The SMILES string of the molecule is CCCCCn1cc2c(n1)NC1=C(C(=O)CCC1)C2c1ccc(Sc2nc3ccccc3[nH]2)o1. The largest absolute Gasteiger partial charge is 0.453 e. The molecule has 1 aliphatic heterocycles. The van der Waals surface area contributed by atoms with Crippen LogP contribution in [0.1, 0.15) is 62.7 Å². The summed E-state index contributed by atoms with van der Waals surface area (Å²) < 4.78 is 8.35. The minimum Gasteiger partial charge on any atom is -0.453 e. The van der Waals surface area contributed by atoms with Crippen molar-refractivity contribution < 1.29 is 9.21 Å². The number of ketones is 1. The Bertz CT molecular complexity index is 1360. The number of carbonyl (C=O) groups is 1. The molecule has 1 aliphatic carbocycles. The third-order valence-electron chi connectivity index (χ3n) is 6.56. The van der Waals surface area contributed by atoms with Gasteiger partial charge in [0.25, 0.3) is 0 Å². The van der Waals surface area contributed by atoms with E-state index >= 15 is 0 Å². The zero-order valence-electron chi connectivity index (χ0n) is 19.1. The molecular weight excluding hydrogens is 446 g/mol. The second kappa shape index (κ2) is 8.83. The van der Waals surface area contributed by atoms with Crippen molar-refractivity contribution in [1.29, 1.82) is 0 Å². The van der Waals surface area contributed by atoms with Gasteiger partial charge in [0, 0.05) is 36.0 Å². The number of fused-ring (bicyclic) bond motifs is 2. The molecule has 4 aromatic rings. The summed E-state index contributed by atoms with van der Waals surface area (Å²) in [7, 11) is 0. The molecule has 0 fully saturated rings. The molecule has 4 heterocycles. The van der Waals surface area contributed by atoms with E-state index in [-0.39, 0.29) is 11.7 Å². The average molecular weight is 474 g/mol. The Kier molecular flexibility index (Phi) is 5.53. The summed E-state index contributed by atoms with van der Waals surface area (Å²) in [6.45, 7) is 3.08. The average Bonchev–Trinajstić information content (AvgIpc) is 3.56. The van der Waals surface area contributed by atoms with E-state index in [1.165, 1.54) is 24.6 Å². The van der Waals surface area contributed by atoms with Gasteiger partial charge < -0.3 is 14.7 Å². The molecule has 6 rings (SSSR count). The molecule has 0 amide bonds. The van der Waals surface area contributed by atoms with E-state index in [0.717, 1.165) is 75.5 Å². The second-order valence-electron chi connectivity index (χ2n) is 8.95. The fourth-order valence-corrected chi connectivity index (χ4v) is 5.69. The first kappa shape index (κ1) is 21.3. The van der Waals surface area contributed by atoms with Crippen LogP contribution in [-0.2, 0) is 11.3 Å². The summed E-state index contributed by atoms with van der Waals surface area (Å²) in [4.78, 5) is 21.0. The lowest BCUT2D eigenvalue weighted by Gasteiger charge is -2.30. The highest BCUT2D eigenvalue weighted by atomic mass is 32.2. The molecular formula is C26H27N5O2S. The summed E-state index contributed by atoms with van der Waals surface area (Å²) in [6, 6.07) is 11.9. The summed E-state index contributed by atoms with van der Waals surface area (Å²) in [5.41, 5.74) is 4.77. The molecule has 1 unspecified atom stereocenters. The third-order valence-corrected chi connectivity index (χ3v) is 7.36. The van der Waals surface area contributed by atoms with Gasteiger partial charge in [-0.1, -0.05) is 31.9 Å². The Hall–Kier alpha value is -3.26. The smallest absolute Gasteiger partial charge is 0.174 e. The Morgan fingerprint density at radius 2 is 2.09 bits per heavy atom. The van der Waals surface area contributed by atoms with Gasteiger partial charge >= 0.3 is 0 Å². The highest BCUT2D eigenvalue weighted by Crippen LogP contribution is 2.46. The molecule has 0 bridgehead atoms. The molecule has 2 N–H and O–H groups in total. The molecule has 1 aromatic carbocycles. The van der Waals surface area contributed by atoms with Crippen LogP contribution in [-0.4, -0.2) is 25.5 Å². The molecule has 0 saturated carbocycles. The number of rotatable bonds is 7. The predicted octanol–water partition coefficient (Wildman–Crippen LogP) is 6.26. The van der Waals surface area contributed by atoms with Crippen LogP contribution in [0.15, 0.2) is 68.5 Å². The van der Waals surface area contributed by atoms with Gasteiger partial charge in [0.2, 0.25) is 0 Å². The summed E-state index contributed by atoms with van der Waals surface area (Å²) in [6.07, 6.45) is 7.84. The van der Waals surface area contributed by atoms with Crippen LogP contribution in [0.5, 0.6) is 0 Å². The first-order valence-electron chi connectivity index (χ1n) is 12.0. The Labute approximate surface area is 202 Å². The number of H-pyrrole nitrogens is 1. The number of nitrogens with one attached hydrogen (secondary N) is 2.